The van der Waals surface area contributed by atoms with E-state index in [0.717, 1.165) is 11.9 Å². The van der Waals surface area contributed by atoms with E-state index >= 15 is 0 Å². The monoisotopic (exact) mass is 274 g/mol. The first-order chi connectivity index (χ1) is 7.05. The van der Waals surface area contributed by atoms with E-state index in [9.17, 15) is 0 Å². The van der Waals surface area contributed by atoms with Crippen molar-refractivity contribution in [2.45, 2.75) is 58.5 Å². The van der Waals surface area contributed by atoms with Gasteiger partial charge in [0.05, 0.1) is 12.7 Å². The van der Waals surface area contributed by atoms with Crippen LogP contribution in [0.1, 0.15) is 52.4 Å². The molecule has 0 bridgehead atoms. The summed E-state index contributed by atoms with van der Waals surface area (Å²) in [5.41, 5.74) is 1.08. The average Bonchev–Trinajstić information content (AvgIpc) is 2.97. The first kappa shape index (κ1) is 11.9. The number of ether oxygens (including phenoxy) is 1. The smallest absolute Gasteiger partial charge is 0.0575 e. The molecule has 0 saturated heterocycles. The van der Waals surface area contributed by atoms with Crippen LogP contribution in [0.15, 0.2) is 0 Å². The first-order valence-electron chi connectivity index (χ1n) is 6.23. The lowest BCUT2D eigenvalue weighted by atomic mass is 9.76. The number of hydrogen-bond acceptors (Lipinski definition) is 1. The summed E-state index contributed by atoms with van der Waals surface area (Å²) in [4.78, 5) is 0. The van der Waals surface area contributed by atoms with Gasteiger partial charge in [-0.05, 0) is 43.9 Å². The van der Waals surface area contributed by atoms with Crippen molar-refractivity contribution in [3.63, 3.8) is 0 Å². The molecule has 0 radical (unpaired) electrons. The van der Waals surface area contributed by atoms with E-state index in [4.69, 9.17) is 4.74 Å². The molecule has 0 aromatic heterocycles. The van der Waals surface area contributed by atoms with Crippen molar-refractivity contribution in [3.8, 4) is 0 Å². The molecule has 0 N–H and O–H groups in total. The van der Waals surface area contributed by atoms with E-state index in [0.29, 0.717) is 16.9 Å². The van der Waals surface area contributed by atoms with E-state index < -0.39 is 0 Å². The predicted octanol–water partition coefficient (Wildman–Crippen LogP) is 4.15. The lowest BCUT2D eigenvalue weighted by Gasteiger charge is -2.34. The summed E-state index contributed by atoms with van der Waals surface area (Å²) in [7, 11) is 0. The summed E-state index contributed by atoms with van der Waals surface area (Å²) in [6.45, 7) is 5.75. The molecule has 2 saturated carbocycles. The third kappa shape index (κ3) is 3.20. The number of hydrogen-bond donors (Lipinski definition) is 0. The highest BCUT2D eigenvalue weighted by Crippen LogP contribution is 2.48. The van der Waals surface area contributed by atoms with E-state index in [-0.39, 0.29) is 0 Å². The Labute approximate surface area is 102 Å². The molecule has 2 heteroatoms. The van der Waals surface area contributed by atoms with Gasteiger partial charge in [-0.2, -0.15) is 0 Å². The quantitative estimate of drug-likeness (QED) is 0.700. The normalized spacial score (nSPS) is 29.0. The molecule has 0 aromatic carbocycles. The van der Waals surface area contributed by atoms with Crippen molar-refractivity contribution in [2.24, 2.45) is 10.8 Å². The number of rotatable bonds is 4. The summed E-state index contributed by atoms with van der Waals surface area (Å²) >= 11 is 3.60. The Morgan fingerprint density at radius 3 is 2.20 bits per heavy atom. The van der Waals surface area contributed by atoms with Gasteiger partial charge in [-0.25, -0.2) is 0 Å². The molecule has 0 heterocycles. The molecular weight excluding hydrogens is 252 g/mol. The second kappa shape index (κ2) is 4.37. The third-order valence-electron chi connectivity index (χ3n) is 4.15. The molecule has 0 aliphatic heterocycles. The Morgan fingerprint density at radius 1 is 1.13 bits per heavy atom. The molecule has 2 rings (SSSR count). The highest BCUT2D eigenvalue weighted by molar-refractivity contribution is 9.09. The number of halogens is 1. The van der Waals surface area contributed by atoms with Crippen molar-refractivity contribution < 1.29 is 4.74 Å². The summed E-state index contributed by atoms with van der Waals surface area (Å²) in [5.74, 6) is 0. The molecule has 0 unspecified atom stereocenters. The Kier molecular flexibility index (Phi) is 3.47. The predicted molar refractivity (Wildman–Crippen MR) is 67.5 cm³/mol. The minimum Gasteiger partial charge on any atom is -0.378 e. The summed E-state index contributed by atoms with van der Waals surface area (Å²) in [6, 6.07) is 0. The molecule has 0 atom stereocenters. The minimum atomic E-state index is 0.521. The molecule has 88 valence electrons. The van der Waals surface area contributed by atoms with Crippen molar-refractivity contribution in [1.82, 2.24) is 0 Å². The van der Waals surface area contributed by atoms with Gasteiger partial charge >= 0.3 is 0 Å². The molecular formula is C13H23BrO. The zero-order chi connectivity index (χ0) is 10.9. The van der Waals surface area contributed by atoms with Gasteiger partial charge < -0.3 is 4.74 Å². The lowest BCUT2D eigenvalue weighted by Crippen LogP contribution is -2.28. The topological polar surface area (TPSA) is 9.23 Å². The van der Waals surface area contributed by atoms with Crippen molar-refractivity contribution in [2.75, 3.05) is 11.9 Å². The second-order valence-electron chi connectivity index (χ2n) is 6.31. The fraction of sp³-hybridized carbons (Fsp3) is 1.00. The van der Waals surface area contributed by atoms with E-state index in [2.05, 4.69) is 29.8 Å². The molecule has 2 aliphatic rings. The van der Waals surface area contributed by atoms with Crippen LogP contribution in [0.2, 0.25) is 0 Å². The van der Waals surface area contributed by atoms with E-state index in [1.807, 2.05) is 0 Å². The van der Waals surface area contributed by atoms with Gasteiger partial charge in [-0.15, -0.1) is 0 Å². The van der Waals surface area contributed by atoms with Crippen LogP contribution in [0.4, 0.5) is 0 Å². The second-order valence-corrected chi connectivity index (χ2v) is 6.87. The van der Waals surface area contributed by atoms with Crippen LogP contribution >= 0.6 is 15.9 Å². The molecule has 2 aliphatic carbocycles. The summed E-state index contributed by atoms with van der Waals surface area (Å²) in [5, 5.41) is 1.12. The van der Waals surface area contributed by atoms with Crippen LogP contribution < -0.4 is 0 Å². The maximum Gasteiger partial charge on any atom is 0.0575 e. The minimum absolute atomic E-state index is 0.521. The van der Waals surface area contributed by atoms with Crippen LogP contribution in [-0.4, -0.2) is 18.0 Å². The van der Waals surface area contributed by atoms with Gasteiger partial charge in [-0.1, -0.05) is 29.8 Å². The fourth-order valence-corrected chi connectivity index (χ4v) is 3.05. The zero-order valence-electron chi connectivity index (χ0n) is 10.0. The molecule has 0 amide bonds. The largest absolute Gasteiger partial charge is 0.378 e. The van der Waals surface area contributed by atoms with E-state index in [1.165, 1.54) is 38.5 Å². The average molecular weight is 275 g/mol. The summed E-state index contributed by atoms with van der Waals surface area (Å²) < 4.78 is 6.06. The number of alkyl halides is 1. The lowest BCUT2D eigenvalue weighted by molar-refractivity contribution is -0.0133. The zero-order valence-corrected chi connectivity index (χ0v) is 11.6. The van der Waals surface area contributed by atoms with Crippen LogP contribution in [-0.2, 0) is 4.74 Å². The summed E-state index contributed by atoms with van der Waals surface area (Å²) in [6.07, 6.45) is 8.47. The SMILES string of the molecule is CC1(C)CCC(OCC2(CBr)CC2)CC1. The third-order valence-corrected chi connectivity index (χ3v) is 5.34. The standard InChI is InChI=1S/C13H23BrO/c1-12(2)5-3-11(4-6-12)15-10-13(9-14)7-8-13/h11H,3-10H2,1-2H3. The molecule has 2 fully saturated rings. The maximum absolute atomic E-state index is 6.06. The Bertz CT molecular complexity index is 211. The van der Waals surface area contributed by atoms with Crippen molar-refractivity contribution in [1.29, 1.82) is 0 Å². The molecule has 0 spiro atoms. The van der Waals surface area contributed by atoms with Crippen LogP contribution in [0.3, 0.4) is 0 Å². The molecule has 15 heavy (non-hydrogen) atoms. The van der Waals surface area contributed by atoms with Gasteiger partial charge in [-0.3, -0.25) is 0 Å². The van der Waals surface area contributed by atoms with Gasteiger partial charge in [0.15, 0.2) is 0 Å². The van der Waals surface area contributed by atoms with Gasteiger partial charge in [0.2, 0.25) is 0 Å². The van der Waals surface area contributed by atoms with E-state index in [1.54, 1.807) is 0 Å². The Balaban J connectivity index is 1.69. The molecule has 0 aromatic rings. The van der Waals surface area contributed by atoms with Gasteiger partial charge in [0.25, 0.3) is 0 Å². The highest BCUT2D eigenvalue weighted by Gasteiger charge is 2.42. The van der Waals surface area contributed by atoms with Crippen LogP contribution in [0, 0.1) is 10.8 Å². The van der Waals surface area contributed by atoms with Crippen molar-refractivity contribution >= 4 is 15.9 Å². The first-order valence-corrected chi connectivity index (χ1v) is 7.35. The Morgan fingerprint density at radius 2 is 1.73 bits per heavy atom. The van der Waals surface area contributed by atoms with Crippen LogP contribution in [0.25, 0.3) is 0 Å². The fourth-order valence-electron chi connectivity index (χ4n) is 2.33. The van der Waals surface area contributed by atoms with Gasteiger partial charge in [0.1, 0.15) is 0 Å². The highest BCUT2D eigenvalue weighted by atomic mass is 79.9. The van der Waals surface area contributed by atoms with Gasteiger partial charge in [0, 0.05) is 10.7 Å². The maximum atomic E-state index is 6.06. The van der Waals surface area contributed by atoms with Crippen molar-refractivity contribution in [3.05, 3.63) is 0 Å². The van der Waals surface area contributed by atoms with Crippen LogP contribution in [0.5, 0.6) is 0 Å². The Hall–Kier alpha value is 0.440. The molecule has 1 nitrogen and oxygen atoms in total.